The van der Waals surface area contributed by atoms with Crippen molar-refractivity contribution in [2.24, 2.45) is 0 Å². The minimum Gasteiger partial charge on any atom is -0.464 e. The van der Waals surface area contributed by atoms with Gasteiger partial charge in [0.2, 0.25) is 0 Å². The quantitative estimate of drug-likeness (QED) is 0.820. The number of fused-ring (bicyclic) bond motifs is 1. The molecule has 2 heterocycles. The molecule has 1 atom stereocenters. The van der Waals surface area contributed by atoms with E-state index in [2.05, 4.69) is 17.2 Å². The molecule has 0 fully saturated rings. The van der Waals surface area contributed by atoms with Gasteiger partial charge in [0.1, 0.15) is 0 Å². The number of aryl methyl sites for hydroxylation is 2. The van der Waals surface area contributed by atoms with E-state index in [9.17, 15) is 9.59 Å². The van der Waals surface area contributed by atoms with Gasteiger partial charge in [-0.3, -0.25) is 14.5 Å². The molecule has 3 rings (SSSR count). The third-order valence-corrected chi connectivity index (χ3v) is 4.62. The fourth-order valence-electron chi connectivity index (χ4n) is 3.25. The molecular formula is C21H25N3O3. The van der Waals surface area contributed by atoms with E-state index < -0.39 is 17.4 Å². The van der Waals surface area contributed by atoms with E-state index in [1.807, 2.05) is 32.0 Å². The van der Waals surface area contributed by atoms with Crippen molar-refractivity contribution in [1.29, 1.82) is 0 Å². The van der Waals surface area contributed by atoms with Crippen LogP contribution >= 0.6 is 0 Å². The zero-order chi connectivity index (χ0) is 19.6. The minimum atomic E-state index is -1.65. The number of nitrogens with zero attached hydrogens (tertiary/aromatic N) is 2. The van der Waals surface area contributed by atoms with E-state index in [4.69, 9.17) is 4.74 Å². The summed E-state index contributed by atoms with van der Waals surface area (Å²) in [6, 6.07) is 9.22. The van der Waals surface area contributed by atoms with Crippen molar-refractivity contribution in [3.63, 3.8) is 0 Å². The van der Waals surface area contributed by atoms with Gasteiger partial charge in [0.15, 0.2) is 11.6 Å². The van der Waals surface area contributed by atoms with Gasteiger partial charge in [0.05, 0.1) is 0 Å². The Labute approximate surface area is 159 Å². The van der Waals surface area contributed by atoms with E-state index in [0.717, 1.165) is 24.0 Å². The highest BCUT2D eigenvalue weighted by atomic mass is 16.5. The molecule has 0 saturated heterocycles. The molecule has 6 heteroatoms. The first kappa shape index (κ1) is 18.9. The summed E-state index contributed by atoms with van der Waals surface area (Å²) in [6.45, 7) is 7.98. The van der Waals surface area contributed by atoms with Crippen LogP contribution in [-0.2, 0) is 9.59 Å². The van der Waals surface area contributed by atoms with Gasteiger partial charge in [-0.25, -0.2) is 4.98 Å². The third kappa shape index (κ3) is 3.65. The van der Waals surface area contributed by atoms with E-state index in [-0.39, 0.29) is 0 Å². The molecule has 2 aromatic rings. The van der Waals surface area contributed by atoms with Gasteiger partial charge in [-0.05, 0) is 62.6 Å². The van der Waals surface area contributed by atoms with E-state index >= 15 is 0 Å². The van der Waals surface area contributed by atoms with Crippen LogP contribution in [0.5, 0.6) is 5.75 Å². The van der Waals surface area contributed by atoms with Crippen molar-refractivity contribution in [2.75, 3.05) is 16.8 Å². The number of rotatable bonds is 5. The van der Waals surface area contributed by atoms with Crippen molar-refractivity contribution in [3.8, 4) is 5.75 Å². The van der Waals surface area contributed by atoms with Crippen LogP contribution in [0.2, 0.25) is 0 Å². The van der Waals surface area contributed by atoms with Crippen LogP contribution in [0, 0.1) is 13.8 Å². The largest absolute Gasteiger partial charge is 0.464 e. The average Bonchev–Trinajstić information content (AvgIpc) is 2.61. The Bertz CT molecular complexity index is 860. The second-order valence-electron chi connectivity index (χ2n) is 7.10. The van der Waals surface area contributed by atoms with Gasteiger partial charge < -0.3 is 10.1 Å². The van der Waals surface area contributed by atoms with Crippen LogP contribution in [0.1, 0.15) is 37.8 Å². The fraction of sp³-hybridized carbons (Fsp3) is 0.381. The maximum Gasteiger partial charge on any atom is 0.282 e. The lowest BCUT2D eigenvalue weighted by Gasteiger charge is -2.38. The lowest BCUT2D eigenvalue weighted by molar-refractivity contribution is -0.145. The number of benzene rings is 1. The molecule has 1 aliphatic rings. The SMILES string of the molecule is CCCCN1C(=O)C(C)(C(=O)Nc2cc(C)cc(C)c2)Oc2cccnc21. The Morgan fingerprint density at radius 3 is 2.63 bits per heavy atom. The van der Waals surface area contributed by atoms with Crippen LogP contribution in [0.25, 0.3) is 0 Å². The molecule has 0 bridgehead atoms. The molecular weight excluding hydrogens is 342 g/mol. The van der Waals surface area contributed by atoms with Crippen molar-refractivity contribution >= 4 is 23.3 Å². The third-order valence-electron chi connectivity index (χ3n) is 4.62. The van der Waals surface area contributed by atoms with Gasteiger partial charge in [0.25, 0.3) is 17.4 Å². The molecule has 0 spiro atoms. The molecule has 0 radical (unpaired) electrons. The topological polar surface area (TPSA) is 71.5 Å². The van der Waals surface area contributed by atoms with Crippen LogP contribution in [0.3, 0.4) is 0 Å². The predicted octanol–water partition coefficient (Wildman–Crippen LogP) is 3.62. The summed E-state index contributed by atoms with van der Waals surface area (Å²) in [7, 11) is 0. The summed E-state index contributed by atoms with van der Waals surface area (Å²) < 4.78 is 5.87. The van der Waals surface area contributed by atoms with Crippen molar-refractivity contribution in [1.82, 2.24) is 4.98 Å². The smallest absolute Gasteiger partial charge is 0.282 e. The molecule has 1 aliphatic heterocycles. The van der Waals surface area contributed by atoms with Gasteiger partial charge in [-0.15, -0.1) is 0 Å². The Hall–Kier alpha value is -2.89. The molecule has 142 valence electrons. The van der Waals surface area contributed by atoms with Gasteiger partial charge >= 0.3 is 0 Å². The summed E-state index contributed by atoms with van der Waals surface area (Å²) in [4.78, 5) is 32.1. The maximum absolute atomic E-state index is 13.2. The van der Waals surface area contributed by atoms with E-state index in [1.165, 1.54) is 6.92 Å². The van der Waals surface area contributed by atoms with Crippen LogP contribution in [0.15, 0.2) is 36.5 Å². The number of aromatic nitrogens is 1. The fourth-order valence-corrected chi connectivity index (χ4v) is 3.25. The minimum absolute atomic E-state index is 0.399. The number of carbonyl (C=O) groups is 2. The second-order valence-corrected chi connectivity index (χ2v) is 7.10. The number of hydrogen-bond acceptors (Lipinski definition) is 4. The van der Waals surface area contributed by atoms with Gasteiger partial charge in [0, 0.05) is 18.4 Å². The lowest BCUT2D eigenvalue weighted by atomic mass is 10.00. The Kier molecular flexibility index (Phi) is 5.17. The summed E-state index contributed by atoms with van der Waals surface area (Å²) in [6.07, 6.45) is 3.36. The van der Waals surface area contributed by atoms with E-state index in [0.29, 0.717) is 23.8 Å². The lowest BCUT2D eigenvalue weighted by Crippen LogP contribution is -2.61. The molecule has 1 aromatic carbocycles. The average molecular weight is 367 g/mol. The first-order chi connectivity index (χ1) is 12.8. The number of ether oxygens (including phenoxy) is 1. The molecule has 6 nitrogen and oxygen atoms in total. The molecule has 2 amide bonds. The Morgan fingerprint density at radius 1 is 1.26 bits per heavy atom. The summed E-state index contributed by atoms with van der Waals surface area (Å²) in [5.41, 5.74) is 1.06. The number of unbranched alkanes of at least 4 members (excludes halogenated alkanes) is 1. The summed E-state index contributed by atoms with van der Waals surface area (Å²) >= 11 is 0. The first-order valence-electron chi connectivity index (χ1n) is 9.21. The maximum atomic E-state index is 13.2. The normalized spacial score (nSPS) is 18.7. The molecule has 0 saturated carbocycles. The molecule has 27 heavy (non-hydrogen) atoms. The standard InChI is InChI=1S/C21H25N3O3/c1-5-6-10-24-18-17(8-7-9-22-18)27-21(4,20(24)26)19(25)23-16-12-14(2)11-15(3)13-16/h7-9,11-13H,5-6,10H2,1-4H3,(H,23,25). The van der Waals surface area contributed by atoms with Crippen LogP contribution in [-0.4, -0.2) is 28.9 Å². The monoisotopic (exact) mass is 367 g/mol. The highest BCUT2D eigenvalue weighted by Crippen LogP contribution is 2.36. The molecule has 1 N–H and O–H groups in total. The van der Waals surface area contributed by atoms with Gasteiger partial charge in [-0.2, -0.15) is 0 Å². The number of anilines is 2. The highest BCUT2D eigenvalue weighted by Gasteiger charge is 2.51. The number of amides is 2. The van der Waals surface area contributed by atoms with Crippen molar-refractivity contribution < 1.29 is 14.3 Å². The predicted molar refractivity (Wildman–Crippen MR) is 105 cm³/mol. The molecule has 1 unspecified atom stereocenters. The number of pyridine rings is 1. The zero-order valence-corrected chi connectivity index (χ0v) is 16.2. The molecule has 1 aromatic heterocycles. The number of nitrogens with one attached hydrogen (secondary N) is 1. The summed E-state index contributed by atoms with van der Waals surface area (Å²) in [5.74, 6) is 0.0106. The van der Waals surface area contributed by atoms with Crippen molar-refractivity contribution in [2.45, 2.75) is 46.1 Å². The second kappa shape index (κ2) is 7.39. The highest BCUT2D eigenvalue weighted by molar-refractivity contribution is 6.19. The van der Waals surface area contributed by atoms with Crippen molar-refractivity contribution in [3.05, 3.63) is 47.7 Å². The number of carbonyl (C=O) groups excluding carboxylic acids is 2. The first-order valence-corrected chi connectivity index (χ1v) is 9.21. The van der Waals surface area contributed by atoms with Crippen LogP contribution < -0.4 is 15.0 Å². The number of hydrogen-bond donors (Lipinski definition) is 1. The van der Waals surface area contributed by atoms with Crippen LogP contribution in [0.4, 0.5) is 11.5 Å². The van der Waals surface area contributed by atoms with Gasteiger partial charge in [-0.1, -0.05) is 19.4 Å². The summed E-state index contributed by atoms with van der Waals surface area (Å²) in [5, 5.41) is 2.84. The molecule has 0 aliphatic carbocycles. The Balaban J connectivity index is 1.93. The Morgan fingerprint density at radius 2 is 1.96 bits per heavy atom. The zero-order valence-electron chi connectivity index (χ0n) is 16.2. The van der Waals surface area contributed by atoms with E-state index in [1.54, 1.807) is 23.2 Å².